The minimum absolute atomic E-state index is 0.0999. The first kappa shape index (κ1) is 18.2. The third-order valence-electron chi connectivity index (χ3n) is 3.98. The first-order chi connectivity index (χ1) is 12.4. The summed E-state index contributed by atoms with van der Waals surface area (Å²) in [6.07, 6.45) is -0.581. The van der Waals surface area contributed by atoms with Crippen LogP contribution in [0.25, 0.3) is 0 Å². The molecule has 2 atom stereocenters. The molecule has 1 aliphatic heterocycles. The molecule has 1 heterocycles. The number of benzene rings is 2. The third-order valence-corrected chi connectivity index (χ3v) is 5.31. The Kier molecular flexibility index (Phi) is 5.13. The van der Waals surface area contributed by atoms with Crippen molar-refractivity contribution in [2.75, 3.05) is 7.11 Å². The van der Waals surface area contributed by atoms with E-state index >= 15 is 0 Å². The van der Waals surface area contributed by atoms with Gasteiger partial charge in [0.2, 0.25) is 6.10 Å². The number of nitrogens with one attached hydrogen (secondary N) is 1. The lowest BCUT2D eigenvalue weighted by Gasteiger charge is -2.18. The van der Waals surface area contributed by atoms with Crippen LogP contribution in [0, 0.1) is 17.0 Å². The average molecular weight is 378 g/mol. The molecule has 0 radical (unpaired) electrons. The van der Waals surface area contributed by atoms with Crippen molar-refractivity contribution < 1.29 is 23.0 Å². The fourth-order valence-corrected chi connectivity index (χ4v) is 3.81. The summed E-state index contributed by atoms with van der Waals surface area (Å²) in [5.74, 6) is -2.34. The molecular formula is C18H16F2N2O3S. The summed E-state index contributed by atoms with van der Waals surface area (Å²) in [7, 11) is 1.19. The lowest BCUT2D eigenvalue weighted by molar-refractivity contribution is -0.149. The number of carbonyl (C=O) groups excluding carboxylic acids is 1. The molecular weight excluding hydrogens is 362 g/mol. The number of ether oxygens (including phenoxy) is 2. The number of esters is 1. The SMILES string of the molecule is COC(=O)C(Oc1ccc2c(c1)SC(C(=N)N)C2)c1ccc(F)c(F)c1. The Balaban J connectivity index is 1.87. The van der Waals surface area contributed by atoms with Crippen molar-refractivity contribution in [1.82, 2.24) is 0 Å². The van der Waals surface area contributed by atoms with E-state index in [9.17, 15) is 13.6 Å². The van der Waals surface area contributed by atoms with Gasteiger partial charge in [0.1, 0.15) is 11.6 Å². The van der Waals surface area contributed by atoms with Gasteiger partial charge >= 0.3 is 5.97 Å². The Labute approximate surface area is 153 Å². The van der Waals surface area contributed by atoms with Crippen molar-refractivity contribution in [2.45, 2.75) is 22.7 Å². The van der Waals surface area contributed by atoms with Gasteiger partial charge in [-0.1, -0.05) is 12.1 Å². The first-order valence-corrected chi connectivity index (χ1v) is 8.60. The molecule has 2 aromatic carbocycles. The standard InChI is InChI=1S/C18H16F2N2O3S/c1-24-18(23)16(10-3-5-12(19)13(20)6-10)25-11-4-2-9-7-15(17(21)22)26-14(9)8-11/h2-6,8,15-16H,7H2,1H3,(H3,21,22). The van der Waals surface area contributed by atoms with Crippen molar-refractivity contribution in [2.24, 2.45) is 5.73 Å². The number of methoxy groups -OCH3 is 1. The number of amidine groups is 1. The van der Waals surface area contributed by atoms with Gasteiger partial charge in [0.05, 0.1) is 12.4 Å². The second-order valence-corrected chi connectivity index (χ2v) is 6.97. The molecule has 2 aromatic rings. The number of nitrogens with two attached hydrogens (primary N) is 1. The molecule has 26 heavy (non-hydrogen) atoms. The van der Waals surface area contributed by atoms with Gasteiger partial charge in [0.25, 0.3) is 0 Å². The summed E-state index contributed by atoms with van der Waals surface area (Å²) < 4.78 is 37.1. The molecule has 3 N–H and O–H groups in total. The summed E-state index contributed by atoms with van der Waals surface area (Å²) >= 11 is 1.44. The van der Waals surface area contributed by atoms with E-state index in [0.717, 1.165) is 22.6 Å². The second-order valence-electron chi connectivity index (χ2n) is 5.73. The van der Waals surface area contributed by atoms with Gasteiger partial charge in [0.15, 0.2) is 11.6 Å². The van der Waals surface area contributed by atoms with Crippen LogP contribution in [0.15, 0.2) is 41.3 Å². The van der Waals surface area contributed by atoms with Gasteiger partial charge < -0.3 is 15.2 Å². The maximum atomic E-state index is 13.5. The minimum Gasteiger partial charge on any atom is -0.474 e. The summed E-state index contributed by atoms with van der Waals surface area (Å²) in [5, 5.41) is 7.44. The van der Waals surface area contributed by atoms with Crippen LogP contribution < -0.4 is 10.5 Å². The van der Waals surface area contributed by atoms with Crippen LogP contribution in [0.1, 0.15) is 17.2 Å². The van der Waals surface area contributed by atoms with Crippen molar-refractivity contribution in [1.29, 1.82) is 5.41 Å². The van der Waals surface area contributed by atoms with Gasteiger partial charge in [0, 0.05) is 10.5 Å². The Morgan fingerprint density at radius 3 is 2.69 bits per heavy atom. The smallest absolute Gasteiger partial charge is 0.351 e. The molecule has 136 valence electrons. The lowest BCUT2D eigenvalue weighted by Crippen LogP contribution is -2.24. The maximum Gasteiger partial charge on any atom is 0.351 e. The number of hydrogen-bond acceptors (Lipinski definition) is 5. The predicted octanol–water partition coefficient (Wildman–Crippen LogP) is 3.21. The normalized spacial score (nSPS) is 16.7. The van der Waals surface area contributed by atoms with Gasteiger partial charge in [-0.2, -0.15) is 0 Å². The first-order valence-electron chi connectivity index (χ1n) is 7.72. The Bertz CT molecular complexity index is 876. The van der Waals surface area contributed by atoms with Crippen molar-refractivity contribution in [3.8, 4) is 5.75 Å². The molecule has 0 fully saturated rings. The van der Waals surface area contributed by atoms with Gasteiger partial charge in [-0.15, -0.1) is 11.8 Å². The fraction of sp³-hybridized carbons (Fsp3) is 0.222. The van der Waals surface area contributed by atoms with E-state index in [1.54, 1.807) is 12.1 Å². The van der Waals surface area contributed by atoms with Crippen molar-refractivity contribution >= 4 is 23.6 Å². The van der Waals surface area contributed by atoms with E-state index in [1.165, 1.54) is 24.9 Å². The molecule has 8 heteroatoms. The topological polar surface area (TPSA) is 85.4 Å². The number of thioether (sulfide) groups is 1. The largest absolute Gasteiger partial charge is 0.474 e. The Morgan fingerprint density at radius 2 is 2.04 bits per heavy atom. The van der Waals surface area contributed by atoms with E-state index < -0.39 is 23.7 Å². The fourth-order valence-electron chi connectivity index (χ4n) is 2.63. The summed E-state index contributed by atoms with van der Waals surface area (Å²) in [6.45, 7) is 0. The predicted molar refractivity (Wildman–Crippen MR) is 93.4 cm³/mol. The third kappa shape index (κ3) is 3.65. The highest BCUT2D eigenvalue weighted by molar-refractivity contribution is 8.01. The molecule has 0 spiro atoms. The monoisotopic (exact) mass is 378 g/mol. The van der Waals surface area contributed by atoms with E-state index in [0.29, 0.717) is 12.2 Å². The highest BCUT2D eigenvalue weighted by Gasteiger charge is 2.28. The molecule has 2 unspecified atom stereocenters. The molecule has 3 rings (SSSR count). The summed E-state index contributed by atoms with van der Waals surface area (Å²) in [4.78, 5) is 13.0. The van der Waals surface area contributed by atoms with E-state index in [1.807, 2.05) is 6.07 Å². The van der Waals surface area contributed by atoms with Crippen LogP contribution in [0.5, 0.6) is 5.75 Å². The molecule has 0 saturated heterocycles. The van der Waals surface area contributed by atoms with E-state index in [2.05, 4.69) is 0 Å². The quantitative estimate of drug-likeness (QED) is 0.474. The molecule has 0 aliphatic carbocycles. The van der Waals surface area contributed by atoms with Crippen molar-refractivity contribution in [3.63, 3.8) is 0 Å². The zero-order chi connectivity index (χ0) is 18.8. The van der Waals surface area contributed by atoms with Crippen LogP contribution in [0.3, 0.4) is 0 Å². The highest BCUT2D eigenvalue weighted by Crippen LogP contribution is 2.39. The van der Waals surface area contributed by atoms with Crippen LogP contribution in [-0.4, -0.2) is 24.2 Å². The van der Waals surface area contributed by atoms with Crippen LogP contribution in [-0.2, 0) is 16.0 Å². The molecule has 0 aromatic heterocycles. The number of halogens is 2. The van der Waals surface area contributed by atoms with E-state index in [4.69, 9.17) is 20.6 Å². The number of rotatable bonds is 5. The van der Waals surface area contributed by atoms with Crippen LogP contribution in [0.4, 0.5) is 8.78 Å². The van der Waals surface area contributed by atoms with Crippen molar-refractivity contribution in [3.05, 3.63) is 59.2 Å². The molecule has 0 saturated carbocycles. The lowest BCUT2D eigenvalue weighted by atomic mass is 10.1. The Hall–Kier alpha value is -2.61. The second kappa shape index (κ2) is 7.33. The maximum absolute atomic E-state index is 13.5. The molecule has 0 bridgehead atoms. The molecule has 1 aliphatic rings. The summed E-state index contributed by atoms with van der Waals surface area (Å²) in [6, 6.07) is 8.36. The highest BCUT2D eigenvalue weighted by atomic mass is 32.2. The molecule has 5 nitrogen and oxygen atoms in total. The number of fused-ring (bicyclic) bond motifs is 1. The number of carbonyl (C=O) groups is 1. The number of hydrogen-bond donors (Lipinski definition) is 2. The van der Waals surface area contributed by atoms with Gasteiger partial charge in [-0.05, 0) is 36.2 Å². The average Bonchev–Trinajstić information content (AvgIpc) is 3.05. The van der Waals surface area contributed by atoms with Gasteiger partial charge in [-0.25, -0.2) is 13.6 Å². The minimum atomic E-state index is -1.23. The Morgan fingerprint density at radius 1 is 1.27 bits per heavy atom. The zero-order valence-corrected chi connectivity index (χ0v) is 14.6. The summed E-state index contributed by atoms with van der Waals surface area (Å²) in [5.41, 5.74) is 6.74. The van der Waals surface area contributed by atoms with E-state index in [-0.39, 0.29) is 16.6 Å². The zero-order valence-electron chi connectivity index (χ0n) is 13.8. The van der Waals surface area contributed by atoms with Crippen LogP contribution in [0.2, 0.25) is 0 Å². The van der Waals surface area contributed by atoms with Gasteiger partial charge in [-0.3, -0.25) is 5.41 Å². The van der Waals surface area contributed by atoms with Crippen LogP contribution >= 0.6 is 11.8 Å². The molecule has 0 amide bonds.